The average molecular weight is 377 g/mol. The monoisotopic (exact) mass is 377 g/mol. The molecule has 0 aliphatic carbocycles. The third kappa shape index (κ3) is 4.19. The number of aromatic nitrogens is 2. The number of amides is 1. The maximum Gasteiger partial charge on any atom is 0.328 e. The lowest BCUT2D eigenvalue weighted by Gasteiger charge is -2.18. The summed E-state index contributed by atoms with van der Waals surface area (Å²) in [6.45, 7) is 6.20. The fourth-order valence-electron chi connectivity index (χ4n) is 2.75. The molecule has 0 saturated heterocycles. The first-order valence-corrected chi connectivity index (χ1v) is 8.84. The fraction of sp³-hybridized carbons (Fsp3) is 0.444. The summed E-state index contributed by atoms with van der Waals surface area (Å²) in [5, 5.41) is 3.14. The van der Waals surface area contributed by atoms with Gasteiger partial charge in [-0.3, -0.25) is 14.2 Å². The van der Waals surface area contributed by atoms with Crippen molar-refractivity contribution in [2.75, 3.05) is 7.11 Å². The minimum absolute atomic E-state index is 0.203. The Hall–Kier alpha value is -2.48. The van der Waals surface area contributed by atoms with Gasteiger partial charge < -0.3 is 15.0 Å². The van der Waals surface area contributed by atoms with Crippen molar-refractivity contribution in [3.63, 3.8) is 0 Å². The number of hydrogen-bond donors (Lipinski definition) is 2. The summed E-state index contributed by atoms with van der Waals surface area (Å²) in [4.78, 5) is 39.8. The smallest absolute Gasteiger partial charge is 0.328 e. The SMILES string of the molecule is CCn1c(=S)[nH]c2cc(C(=O)N[C@@H](CC(C)C)C(=O)OC)ccc2c1=O. The molecule has 1 atom stereocenters. The lowest BCUT2D eigenvalue weighted by atomic mass is 10.0. The van der Waals surface area contributed by atoms with Crippen molar-refractivity contribution in [2.45, 2.75) is 39.8 Å². The number of carbonyl (C=O) groups excluding carboxylic acids is 2. The minimum atomic E-state index is -0.727. The number of H-pyrrole nitrogens is 1. The third-order valence-corrected chi connectivity index (χ3v) is 4.38. The topological polar surface area (TPSA) is 93.2 Å². The van der Waals surface area contributed by atoms with Crippen LogP contribution in [0.25, 0.3) is 10.9 Å². The number of hydrogen-bond acceptors (Lipinski definition) is 5. The van der Waals surface area contributed by atoms with Crippen LogP contribution in [0, 0.1) is 10.7 Å². The van der Waals surface area contributed by atoms with E-state index in [1.165, 1.54) is 11.7 Å². The molecule has 0 bridgehead atoms. The zero-order chi connectivity index (χ0) is 19.4. The average Bonchev–Trinajstić information content (AvgIpc) is 2.59. The second-order valence-corrected chi connectivity index (χ2v) is 6.81. The molecule has 7 nitrogen and oxygen atoms in total. The Bertz CT molecular complexity index is 946. The number of rotatable bonds is 6. The highest BCUT2D eigenvalue weighted by atomic mass is 32.1. The van der Waals surface area contributed by atoms with E-state index >= 15 is 0 Å². The Morgan fingerprint density at radius 2 is 2.04 bits per heavy atom. The van der Waals surface area contributed by atoms with Gasteiger partial charge in [0.1, 0.15) is 6.04 Å². The van der Waals surface area contributed by atoms with E-state index in [0.29, 0.717) is 34.2 Å². The van der Waals surface area contributed by atoms with Gasteiger partial charge in [0, 0.05) is 12.1 Å². The molecule has 140 valence electrons. The van der Waals surface area contributed by atoms with E-state index in [4.69, 9.17) is 17.0 Å². The van der Waals surface area contributed by atoms with Crippen LogP contribution in [0.4, 0.5) is 0 Å². The molecule has 2 N–H and O–H groups in total. The molecular weight excluding hydrogens is 354 g/mol. The van der Waals surface area contributed by atoms with E-state index in [1.54, 1.807) is 18.2 Å². The highest BCUT2D eigenvalue weighted by Gasteiger charge is 2.23. The molecule has 0 unspecified atom stereocenters. The summed E-state index contributed by atoms with van der Waals surface area (Å²) in [7, 11) is 1.29. The first kappa shape index (κ1) is 19.8. The number of methoxy groups -OCH3 is 1. The van der Waals surface area contributed by atoms with E-state index in [9.17, 15) is 14.4 Å². The Morgan fingerprint density at radius 3 is 2.62 bits per heavy atom. The maximum absolute atomic E-state index is 12.6. The van der Waals surface area contributed by atoms with Crippen LogP contribution < -0.4 is 10.9 Å². The van der Waals surface area contributed by atoms with Gasteiger partial charge in [0.15, 0.2) is 4.77 Å². The molecule has 26 heavy (non-hydrogen) atoms. The Labute approximate surface area is 156 Å². The lowest BCUT2D eigenvalue weighted by Crippen LogP contribution is -2.42. The fourth-order valence-corrected chi connectivity index (χ4v) is 3.07. The number of esters is 1. The van der Waals surface area contributed by atoms with Crippen LogP contribution in [-0.4, -0.2) is 34.6 Å². The summed E-state index contributed by atoms with van der Waals surface area (Å²) in [6.07, 6.45) is 0.468. The van der Waals surface area contributed by atoms with Gasteiger partial charge in [0.05, 0.1) is 18.0 Å². The number of nitrogens with zero attached hydrogens (tertiary/aromatic N) is 1. The van der Waals surface area contributed by atoms with E-state index in [-0.39, 0.29) is 11.5 Å². The zero-order valence-electron chi connectivity index (χ0n) is 15.3. The minimum Gasteiger partial charge on any atom is -0.467 e. The summed E-state index contributed by atoms with van der Waals surface area (Å²) in [5.74, 6) is -0.695. The van der Waals surface area contributed by atoms with E-state index in [1.807, 2.05) is 20.8 Å². The highest BCUT2D eigenvalue weighted by Crippen LogP contribution is 2.12. The van der Waals surface area contributed by atoms with Crippen molar-refractivity contribution in [3.05, 3.63) is 38.9 Å². The molecule has 1 amide bonds. The summed E-state index contributed by atoms with van der Waals surface area (Å²) >= 11 is 5.19. The highest BCUT2D eigenvalue weighted by molar-refractivity contribution is 7.71. The summed E-state index contributed by atoms with van der Waals surface area (Å²) < 4.78 is 6.51. The molecule has 0 radical (unpaired) electrons. The molecule has 2 aromatic rings. The number of aromatic amines is 1. The van der Waals surface area contributed by atoms with Crippen molar-refractivity contribution in [1.29, 1.82) is 0 Å². The van der Waals surface area contributed by atoms with Gasteiger partial charge in [0.25, 0.3) is 11.5 Å². The van der Waals surface area contributed by atoms with Gasteiger partial charge in [-0.1, -0.05) is 13.8 Å². The molecule has 1 aromatic carbocycles. The zero-order valence-corrected chi connectivity index (χ0v) is 16.1. The lowest BCUT2D eigenvalue weighted by molar-refractivity contribution is -0.143. The molecule has 1 heterocycles. The molecule has 0 aliphatic heterocycles. The molecule has 0 aliphatic rings. The van der Waals surface area contributed by atoms with Crippen molar-refractivity contribution < 1.29 is 14.3 Å². The number of carbonyl (C=O) groups is 2. The van der Waals surface area contributed by atoms with Gasteiger partial charge in [-0.05, 0) is 49.7 Å². The van der Waals surface area contributed by atoms with Crippen LogP contribution in [0.1, 0.15) is 37.6 Å². The van der Waals surface area contributed by atoms with Gasteiger partial charge in [-0.15, -0.1) is 0 Å². The maximum atomic E-state index is 12.6. The second-order valence-electron chi connectivity index (χ2n) is 6.42. The molecule has 0 spiro atoms. The normalized spacial score (nSPS) is 12.2. The van der Waals surface area contributed by atoms with Crippen molar-refractivity contribution in [2.24, 2.45) is 5.92 Å². The molecule has 8 heteroatoms. The van der Waals surface area contributed by atoms with Crippen LogP contribution in [0.15, 0.2) is 23.0 Å². The van der Waals surface area contributed by atoms with Crippen molar-refractivity contribution in [3.8, 4) is 0 Å². The predicted octanol–water partition coefficient (Wildman–Crippen LogP) is 2.40. The largest absolute Gasteiger partial charge is 0.467 e. The Morgan fingerprint density at radius 1 is 1.35 bits per heavy atom. The third-order valence-electron chi connectivity index (χ3n) is 4.06. The van der Waals surface area contributed by atoms with Gasteiger partial charge in [-0.25, -0.2) is 4.79 Å². The molecule has 2 rings (SSSR count). The van der Waals surface area contributed by atoms with Crippen molar-refractivity contribution in [1.82, 2.24) is 14.9 Å². The van der Waals surface area contributed by atoms with E-state index < -0.39 is 17.9 Å². The van der Waals surface area contributed by atoms with Crippen molar-refractivity contribution >= 4 is 35.0 Å². The quantitative estimate of drug-likeness (QED) is 0.596. The van der Waals surface area contributed by atoms with E-state index in [2.05, 4.69) is 10.3 Å². The Balaban J connectivity index is 2.37. The summed E-state index contributed by atoms with van der Waals surface area (Å²) in [6, 6.07) is 3.97. The van der Waals surface area contributed by atoms with Crippen LogP contribution in [0.2, 0.25) is 0 Å². The van der Waals surface area contributed by atoms with E-state index in [0.717, 1.165) is 0 Å². The van der Waals surface area contributed by atoms with Crippen LogP contribution in [0.5, 0.6) is 0 Å². The second kappa shape index (κ2) is 8.27. The van der Waals surface area contributed by atoms with Gasteiger partial charge >= 0.3 is 5.97 Å². The number of nitrogens with one attached hydrogen (secondary N) is 2. The Kier molecular flexibility index (Phi) is 6.31. The molecule has 0 fully saturated rings. The summed E-state index contributed by atoms with van der Waals surface area (Å²) in [5.41, 5.74) is 0.607. The van der Waals surface area contributed by atoms with Crippen LogP contribution in [-0.2, 0) is 16.1 Å². The number of fused-ring (bicyclic) bond motifs is 1. The predicted molar refractivity (Wildman–Crippen MR) is 102 cm³/mol. The first-order valence-electron chi connectivity index (χ1n) is 8.44. The molecule has 0 saturated carbocycles. The molecular formula is C18H23N3O4S. The number of ether oxygens (including phenoxy) is 1. The number of benzene rings is 1. The van der Waals surface area contributed by atoms with Crippen LogP contribution in [0.3, 0.4) is 0 Å². The standard InChI is InChI=1S/C18H23N3O4S/c1-5-21-16(23)12-7-6-11(9-13(12)20-18(21)26)15(22)19-14(8-10(2)3)17(24)25-4/h6-7,9-10,14H,5,8H2,1-4H3,(H,19,22)(H,20,26)/t14-/m0/s1. The van der Waals surface area contributed by atoms with Gasteiger partial charge in [-0.2, -0.15) is 0 Å². The van der Waals surface area contributed by atoms with Crippen LogP contribution >= 0.6 is 12.2 Å². The first-order chi connectivity index (χ1) is 12.3. The van der Waals surface area contributed by atoms with Gasteiger partial charge in [0.2, 0.25) is 0 Å². The molecule has 1 aromatic heterocycles.